The molecule has 1 aromatic rings. The third kappa shape index (κ3) is 14.0. The van der Waals surface area contributed by atoms with Crippen molar-refractivity contribution in [2.45, 2.75) is 70.1 Å². The van der Waals surface area contributed by atoms with Crippen LogP contribution in [0.5, 0.6) is 5.75 Å². The molecule has 0 saturated carbocycles. The maximum absolute atomic E-state index is 12.9. The highest BCUT2D eigenvalue weighted by Crippen LogP contribution is 2.37. The summed E-state index contributed by atoms with van der Waals surface area (Å²) in [6, 6.07) is -0.134. The molecule has 0 heterocycles. The molecule has 0 aliphatic carbocycles. The van der Waals surface area contributed by atoms with Gasteiger partial charge in [0.05, 0.1) is 12.5 Å². The molecule has 42 heavy (non-hydrogen) atoms. The smallest absolute Gasteiger partial charge is 0.481 e. The molecule has 1 aromatic carbocycles. The fourth-order valence-electron chi connectivity index (χ4n) is 3.63. The average Bonchev–Trinajstić information content (AvgIpc) is 2.84. The number of nitrogens with one attached hydrogen (secondary N) is 3. The zero-order valence-electron chi connectivity index (χ0n) is 22.8. The van der Waals surface area contributed by atoms with Gasteiger partial charge in [0.15, 0.2) is 0 Å². The van der Waals surface area contributed by atoms with E-state index in [-0.39, 0.29) is 18.6 Å². The van der Waals surface area contributed by atoms with Crippen molar-refractivity contribution in [1.29, 1.82) is 0 Å². The number of rotatable bonds is 18. The van der Waals surface area contributed by atoms with Crippen molar-refractivity contribution in [2.24, 2.45) is 11.7 Å². The Hall–Kier alpha value is -4.05. The second-order valence-electron chi connectivity index (χ2n) is 9.66. The number of hydrogen-bond donors (Lipinski definition) is 9. The molecule has 10 N–H and O–H groups in total. The largest absolute Gasteiger partial charge is 0.524 e. The highest BCUT2D eigenvalue weighted by atomic mass is 31.2. The summed E-state index contributed by atoms with van der Waals surface area (Å²) in [5.41, 5.74) is 6.34. The number of carbonyl (C=O) groups excluding carboxylic acids is 3. The maximum Gasteiger partial charge on any atom is 0.524 e. The first-order valence-electron chi connectivity index (χ1n) is 12.5. The van der Waals surface area contributed by atoms with Crippen LogP contribution in [0.25, 0.3) is 0 Å². The Kier molecular flexibility index (Phi) is 14.1. The van der Waals surface area contributed by atoms with Crippen molar-refractivity contribution in [3.8, 4) is 5.75 Å². The van der Waals surface area contributed by atoms with Crippen LogP contribution >= 0.6 is 7.82 Å². The number of benzene rings is 1. The van der Waals surface area contributed by atoms with Gasteiger partial charge in [0, 0.05) is 18.9 Å². The second kappa shape index (κ2) is 16.4. The summed E-state index contributed by atoms with van der Waals surface area (Å²) >= 11 is 0. The van der Waals surface area contributed by atoms with Crippen molar-refractivity contribution < 1.29 is 63.0 Å². The number of amides is 3. The standard InChI is InChI=1S/C24H35N4O13P/c1-12(2)21(24(36)37)28-18(29)10-14(5-8-19(30)31)26-23(35)17(11-20(32)33)27-22(34)16(25)9-13-3-6-15(7-4-13)41-42(38,39)40/h3-4,6-7,12,14,16-17,21H,5,8-11,25H2,1-2H3,(H,26,35)(H,27,34)(H,28,29)(H,30,31)(H,32,33)(H,36,37)(H2,38,39,40)/t14-,16+,17+,21+/m1/s1. The van der Waals surface area contributed by atoms with E-state index in [0.29, 0.717) is 5.56 Å². The van der Waals surface area contributed by atoms with E-state index in [0.717, 1.165) is 0 Å². The molecule has 0 aliphatic rings. The minimum absolute atomic E-state index is 0.120. The predicted molar refractivity (Wildman–Crippen MR) is 143 cm³/mol. The molecule has 0 saturated heterocycles. The topological polar surface area (TPSA) is 292 Å². The van der Waals surface area contributed by atoms with Gasteiger partial charge in [-0.1, -0.05) is 26.0 Å². The molecule has 0 spiro atoms. The summed E-state index contributed by atoms with van der Waals surface area (Å²) < 4.78 is 15.3. The number of phosphoric ester groups is 1. The monoisotopic (exact) mass is 618 g/mol. The van der Waals surface area contributed by atoms with Gasteiger partial charge in [-0.25, -0.2) is 9.36 Å². The molecular formula is C24H35N4O13P. The minimum Gasteiger partial charge on any atom is -0.481 e. The lowest BCUT2D eigenvalue weighted by Crippen LogP contribution is -2.55. The highest BCUT2D eigenvalue weighted by Gasteiger charge is 2.30. The third-order valence-corrected chi connectivity index (χ3v) is 6.13. The van der Waals surface area contributed by atoms with Crippen LogP contribution in [0.15, 0.2) is 24.3 Å². The van der Waals surface area contributed by atoms with Crippen molar-refractivity contribution in [3.05, 3.63) is 29.8 Å². The lowest BCUT2D eigenvalue weighted by atomic mass is 10.0. The Labute approximate surface area is 240 Å². The molecule has 17 nitrogen and oxygen atoms in total. The summed E-state index contributed by atoms with van der Waals surface area (Å²) in [5.74, 6) is -7.40. The molecule has 0 unspecified atom stereocenters. The molecule has 0 aliphatic heterocycles. The Morgan fingerprint density at radius 2 is 1.48 bits per heavy atom. The van der Waals surface area contributed by atoms with Gasteiger partial charge in [0.2, 0.25) is 17.7 Å². The minimum atomic E-state index is -4.78. The molecule has 0 bridgehead atoms. The van der Waals surface area contributed by atoms with Crippen molar-refractivity contribution in [2.75, 3.05) is 0 Å². The van der Waals surface area contributed by atoms with E-state index in [1.54, 1.807) is 13.8 Å². The van der Waals surface area contributed by atoms with Crippen molar-refractivity contribution >= 4 is 43.5 Å². The first-order valence-corrected chi connectivity index (χ1v) is 14.1. The summed E-state index contributed by atoms with van der Waals surface area (Å²) in [6.45, 7) is 3.12. The molecule has 1 rings (SSSR count). The summed E-state index contributed by atoms with van der Waals surface area (Å²) in [4.78, 5) is 89.7. The van der Waals surface area contributed by atoms with E-state index in [4.69, 9.17) is 20.6 Å². The first-order chi connectivity index (χ1) is 19.4. The number of carboxylic acid groups (broad SMARTS) is 3. The molecule has 0 radical (unpaired) electrons. The number of carbonyl (C=O) groups is 6. The van der Waals surface area contributed by atoms with E-state index in [2.05, 4.69) is 20.5 Å². The summed E-state index contributed by atoms with van der Waals surface area (Å²) in [7, 11) is -4.78. The maximum atomic E-state index is 12.9. The van der Waals surface area contributed by atoms with E-state index in [1.807, 2.05) is 0 Å². The lowest BCUT2D eigenvalue weighted by Gasteiger charge is -2.24. The Bertz CT molecular complexity index is 1190. The number of nitrogens with two attached hydrogens (primary N) is 1. The van der Waals surface area contributed by atoms with E-state index >= 15 is 0 Å². The van der Waals surface area contributed by atoms with Gasteiger partial charge < -0.3 is 41.5 Å². The fraction of sp³-hybridized carbons (Fsp3) is 0.500. The quantitative estimate of drug-likeness (QED) is 0.0888. The Morgan fingerprint density at radius 1 is 0.881 bits per heavy atom. The fourth-order valence-corrected chi connectivity index (χ4v) is 4.02. The normalized spacial score (nSPS) is 14.1. The van der Waals surface area contributed by atoms with Crippen LogP contribution < -0.4 is 26.2 Å². The van der Waals surface area contributed by atoms with Crippen LogP contribution in [0.1, 0.15) is 45.1 Å². The molecule has 18 heteroatoms. The summed E-state index contributed by atoms with van der Waals surface area (Å²) in [6.07, 6.45) is -2.27. The van der Waals surface area contributed by atoms with Gasteiger partial charge in [0.1, 0.15) is 17.8 Å². The average molecular weight is 619 g/mol. The van der Waals surface area contributed by atoms with Crippen LogP contribution in [0.4, 0.5) is 0 Å². The molecule has 4 atom stereocenters. The summed E-state index contributed by atoms with van der Waals surface area (Å²) in [5, 5.41) is 34.4. The lowest BCUT2D eigenvalue weighted by molar-refractivity contribution is -0.143. The molecule has 234 valence electrons. The number of carboxylic acids is 3. The highest BCUT2D eigenvalue weighted by molar-refractivity contribution is 7.46. The molecule has 0 aromatic heterocycles. The van der Waals surface area contributed by atoms with E-state index in [1.165, 1.54) is 24.3 Å². The van der Waals surface area contributed by atoms with Gasteiger partial charge in [-0.15, -0.1) is 0 Å². The van der Waals surface area contributed by atoms with Gasteiger partial charge in [-0.05, 0) is 36.5 Å². The van der Waals surface area contributed by atoms with Crippen molar-refractivity contribution in [3.63, 3.8) is 0 Å². The Morgan fingerprint density at radius 3 is 1.95 bits per heavy atom. The zero-order chi connectivity index (χ0) is 32.2. The molecular weight excluding hydrogens is 583 g/mol. The van der Waals surface area contributed by atoms with E-state index in [9.17, 15) is 43.5 Å². The number of hydrogen-bond acceptors (Lipinski definition) is 9. The van der Waals surface area contributed by atoms with Crippen LogP contribution in [0, 0.1) is 5.92 Å². The van der Waals surface area contributed by atoms with Gasteiger partial charge in [-0.3, -0.25) is 33.8 Å². The Balaban J connectivity index is 2.95. The van der Waals surface area contributed by atoms with Crippen LogP contribution in [0.2, 0.25) is 0 Å². The second-order valence-corrected chi connectivity index (χ2v) is 10.8. The van der Waals surface area contributed by atoms with E-state index < -0.39 is 92.8 Å². The molecule has 3 amide bonds. The first kappa shape index (κ1) is 36.0. The van der Waals surface area contributed by atoms with Crippen LogP contribution in [0.3, 0.4) is 0 Å². The number of phosphoric acid groups is 1. The third-order valence-electron chi connectivity index (χ3n) is 5.69. The van der Waals surface area contributed by atoms with Gasteiger partial charge in [0.25, 0.3) is 0 Å². The predicted octanol–water partition coefficient (Wildman–Crippen LogP) is -1.05. The van der Waals surface area contributed by atoms with Crippen molar-refractivity contribution in [1.82, 2.24) is 16.0 Å². The van der Waals surface area contributed by atoms with Gasteiger partial charge in [-0.2, -0.15) is 0 Å². The molecule has 0 fully saturated rings. The number of aliphatic carboxylic acids is 3. The SMILES string of the molecule is CC(C)[C@H](NC(=O)C[C@@H](CCC(=O)O)NC(=O)[C@H](CC(=O)O)NC(=O)[C@@H](N)Cc1ccc(OP(=O)(O)O)cc1)C(=O)O. The van der Waals surface area contributed by atoms with Crippen LogP contribution in [-0.2, 0) is 39.8 Å². The zero-order valence-corrected chi connectivity index (χ0v) is 23.7. The van der Waals surface area contributed by atoms with Crippen LogP contribution in [-0.4, -0.2) is 84.9 Å². The van der Waals surface area contributed by atoms with Gasteiger partial charge >= 0.3 is 25.7 Å².